The van der Waals surface area contributed by atoms with Crippen molar-refractivity contribution in [2.75, 3.05) is 18.0 Å². The summed E-state index contributed by atoms with van der Waals surface area (Å²) in [5.74, 6) is -0.698. The summed E-state index contributed by atoms with van der Waals surface area (Å²) < 4.78 is 0. The molecule has 2 amide bonds. The van der Waals surface area contributed by atoms with E-state index < -0.39 is 17.9 Å². The van der Waals surface area contributed by atoms with Crippen LogP contribution in [0.15, 0.2) is 24.3 Å². The zero-order valence-corrected chi connectivity index (χ0v) is 13.5. The summed E-state index contributed by atoms with van der Waals surface area (Å²) in [6.07, 6.45) is 3.72. The van der Waals surface area contributed by atoms with Gasteiger partial charge in [0.05, 0.1) is 6.10 Å². The van der Waals surface area contributed by atoms with Crippen molar-refractivity contribution in [1.82, 2.24) is 5.32 Å². The highest BCUT2D eigenvalue weighted by atomic mass is 16.3. The Morgan fingerprint density at radius 2 is 2.00 bits per heavy atom. The number of aliphatic hydroxyl groups is 1. The number of amides is 2. The van der Waals surface area contributed by atoms with Crippen LogP contribution in [0.25, 0.3) is 0 Å². The van der Waals surface area contributed by atoms with Crippen molar-refractivity contribution >= 4 is 17.5 Å². The van der Waals surface area contributed by atoms with Crippen molar-refractivity contribution in [2.45, 2.75) is 44.6 Å². The number of carbonyl (C=O) groups excluding carboxylic acids is 2. The van der Waals surface area contributed by atoms with Crippen LogP contribution in [0.1, 0.15) is 44.1 Å². The molecule has 0 unspecified atom stereocenters. The molecule has 0 saturated heterocycles. The molecule has 2 N–H and O–H groups in total. The van der Waals surface area contributed by atoms with Crippen LogP contribution < -0.4 is 10.2 Å². The second-order valence-electron chi connectivity index (χ2n) is 6.70. The Labute approximate surface area is 136 Å². The van der Waals surface area contributed by atoms with Crippen molar-refractivity contribution in [1.29, 1.82) is 0 Å². The molecular formula is C18H24N2O3. The van der Waals surface area contributed by atoms with Gasteiger partial charge >= 0.3 is 11.8 Å². The van der Waals surface area contributed by atoms with Gasteiger partial charge in [-0.15, -0.1) is 0 Å². The lowest BCUT2D eigenvalue weighted by molar-refractivity contribution is -0.137. The van der Waals surface area contributed by atoms with Gasteiger partial charge in [0, 0.05) is 24.7 Å². The number of nitrogens with one attached hydrogen (secondary N) is 1. The van der Waals surface area contributed by atoms with Gasteiger partial charge < -0.3 is 15.3 Å². The molecule has 1 heterocycles. The maximum Gasteiger partial charge on any atom is 0.316 e. The van der Waals surface area contributed by atoms with Gasteiger partial charge in [-0.25, -0.2) is 0 Å². The molecule has 1 fully saturated rings. The molecule has 5 heteroatoms. The van der Waals surface area contributed by atoms with Gasteiger partial charge in [-0.2, -0.15) is 0 Å². The van der Waals surface area contributed by atoms with E-state index in [2.05, 4.69) is 5.32 Å². The number of hydrogen-bond donors (Lipinski definition) is 2. The van der Waals surface area contributed by atoms with Crippen LogP contribution in [0, 0.1) is 5.92 Å². The summed E-state index contributed by atoms with van der Waals surface area (Å²) in [6.45, 7) is 2.73. The van der Waals surface area contributed by atoms with Crippen LogP contribution in [0.3, 0.4) is 0 Å². The third-order valence-electron chi connectivity index (χ3n) is 5.07. The van der Waals surface area contributed by atoms with E-state index in [1.54, 1.807) is 0 Å². The number of anilines is 1. The molecule has 0 radical (unpaired) electrons. The monoisotopic (exact) mass is 316 g/mol. The molecular weight excluding hydrogens is 292 g/mol. The highest BCUT2D eigenvalue weighted by molar-refractivity contribution is 6.40. The molecule has 124 valence electrons. The molecule has 1 aliphatic heterocycles. The third kappa shape index (κ3) is 3.24. The number of benzene rings is 1. The van der Waals surface area contributed by atoms with Gasteiger partial charge in [-0.05, 0) is 30.4 Å². The molecule has 23 heavy (non-hydrogen) atoms. The Kier molecular flexibility index (Phi) is 4.66. The van der Waals surface area contributed by atoms with Crippen LogP contribution in [0.4, 0.5) is 5.69 Å². The van der Waals surface area contributed by atoms with Crippen molar-refractivity contribution in [3.63, 3.8) is 0 Å². The molecule has 1 aromatic rings. The number of aliphatic hydroxyl groups excluding tert-OH is 1. The Morgan fingerprint density at radius 1 is 1.30 bits per heavy atom. The largest absolute Gasteiger partial charge is 0.391 e. The van der Waals surface area contributed by atoms with Crippen LogP contribution in [-0.2, 0) is 9.59 Å². The van der Waals surface area contributed by atoms with Gasteiger partial charge in [0.2, 0.25) is 0 Å². The maximum atomic E-state index is 12.4. The van der Waals surface area contributed by atoms with Crippen molar-refractivity contribution in [2.24, 2.45) is 5.92 Å². The van der Waals surface area contributed by atoms with Crippen molar-refractivity contribution in [3.05, 3.63) is 29.8 Å². The summed E-state index contributed by atoms with van der Waals surface area (Å²) in [4.78, 5) is 26.1. The minimum atomic E-state index is -0.633. The normalized spacial score (nSPS) is 22.0. The second-order valence-corrected chi connectivity index (χ2v) is 6.70. The number of carbonyl (C=O) groups is 2. The average Bonchev–Trinajstić information content (AvgIpc) is 3.20. The van der Waals surface area contributed by atoms with Gasteiger partial charge in [0.25, 0.3) is 0 Å². The summed E-state index contributed by atoms with van der Waals surface area (Å²) in [5.41, 5.74) is 1.91. The molecule has 0 bridgehead atoms. The number of fused-ring (bicyclic) bond motifs is 1. The fourth-order valence-electron chi connectivity index (χ4n) is 3.72. The quantitative estimate of drug-likeness (QED) is 0.836. The minimum absolute atomic E-state index is 0.153. The predicted octanol–water partition coefficient (Wildman–Crippen LogP) is 1.80. The lowest BCUT2D eigenvalue weighted by Gasteiger charge is -2.20. The Bertz CT molecular complexity index is 596. The molecule has 2 aliphatic rings. The summed E-state index contributed by atoms with van der Waals surface area (Å²) in [6, 6.07) is 7.69. The highest BCUT2D eigenvalue weighted by Crippen LogP contribution is 2.35. The van der Waals surface area contributed by atoms with E-state index in [1.165, 1.54) is 4.90 Å². The third-order valence-corrected chi connectivity index (χ3v) is 5.07. The average molecular weight is 316 g/mol. The van der Waals surface area contributed by atoms with Crippen molar-refractivity contribution < 1.29 is 14.7 Å². The van der Waals surface area contributed by atoms with Gasteiger partial charge in [0.15, 0.2) is 0 Å². The molecule has 0 aromatic heterocycles. The fraction of sp³-hybridized carbons (Fsp3) is 0.556. The summed E-state index contributed by atoms with van der Waals surface area (Å²) >= 11 is 0. The zero-order chi connectivity index (χ0) is 16.4. The number of rotatable bonds is 3. The second kappa shape index (κ2) is 6.71. The topological polar surface area (TPSA) is 69.6 Å². The van der Waals surface area contributed by atoms with Gasteiger partial charge in [-0.3, -0.25) is 9.59 Å². The molecule has 2 atom stereocenters. The molecule has 1 saturated carbocycles. The van der Waals surface area contributed by atoms with Crippen LogP contribution >= 0.6 is 0 Å². The molecule has 5 nitrogen and oxygen atoms in total. The lowest BCUT2D eigenvalue weighted by Crippen LogP contribution is -2.45. The van der Waals surface area contributed by atoms with Crippen LogP contribution in [0.5, 0.6) is 0 Å². The predicted molar refractivity (Wildman–Crippen MR) is 88.2 cm³/mol. The first-order valence-corrected chi connectivity index (χ1v) is 8.44. The lowest BCUT2D eigenvalue weighted by atomic mass is 10.0. The van der Waals surface area contributed by atoms with Gasteiger partial charge in [-0.1, -0.05) is 38.0 Å². The molecule has 3 rings (SSSR count). The van der Waals surface area contributed by atoms with Crippen LogP contribution in [0.2, 0.25) is 0 Å². The minimum Gasteiger partial charge on any atom is -0.391 e. The van der Waals surface area contributed by atoms with E-state index >= 15 is 0 Å². The highest BCUT2D eigenvalue weighted by Gasteiger charge is 2.33. The summed E-state index contributed by atoms with van der Waals surface area (Å²) in [7, 11) is 0. The van der Waals surface area contributed by atoms with Crippen molar-refractivity contribution in [3.8, 4) is 0 Å². The zero-order valence-electron chi connectivity index (χ0n) is 13.5. The SMILES string of the molecule is C[C@H]1CN(C(=O)C(=O)NC[C@H](O)C2CCCC2)c2ccccc21. The first kappa shape index (κ1) is 16.0. The Balaban J connectivity index is 1.59. The molecule has 0 spiro atoms. The van der Waals surface area contributed by atoms with E-state index in [0.29, 0.717) is 6.54 Å². The number of nitrogens with zero attached hydrogens (tertiary/aromatic N) is 1. The summed E-state index contributed by atoms with van der Waals surface area (Å²) in [5, 5.41) is 12.7. The Hall–Kier alpha value is -1.88. The fourth-order valence-corrected chi connectivity index (χ4v) is 3.72. The van der Waals surface area contributed by atoms with Crippen LogP contribution in [-0.4, -0.2) is 36.1 Å². The number of hydrogen-bond acceptors (Lipinski definition) is 3. The van der Waals surface area contributed by atoms with E-state index in [9.17, 15) is 14.7 Å². The van der Waals surface area contributed by atoms with Gasteiger partial charge in [0.1, 0.15) is 0 Å². The standard InChI is InChI=1S/C18H24N2O3/c1-12-11-20(15-9-5-4-8-14(12)15)18(23)17(22)19-10-16(21)13-6-2-3-7-13/h4-5,8-9,12-13,16,21H,2-3,6-7,10-11H2,1H3,(H,19,22)/t12-,16-/m0/s1. The maximum absolute atomic E-state index is 12.4. The smallest absolute Gasteiger partial charge is 0.316 e. The Morgan fingerprint density at radius 3 is 2.74 bits per heavy atom. The van der Waals surface area contributed by atoms with E-state index in [4.69, 9.17) is 0 Å². The molecule has 1 aromatic carbocycles. The van der Waals surface area contributed by atoms with E-state index in [-0.39, 0.29) is 18.4 Å². The van der Waals surface area contributed by atoms with E-state index in [1.807, 2.05) is 31.2 Å². The number of para-hydroxylation sites is 1. The van der Waals surface area contributed by atoms with E-state index in [0.717, 1.165) is 36.9 Å². The first-order valence-electron chi connectivity index (χ1n) is 8.44. The first-order chi connectivity index (χ1) is 11.1. The molecule has 1 aliphatic carbocycles.